The van der Waals surface area contributed by atoms with Gasteiger partial charge >= 0.3 is 0 Å². The van der Waals surface area contributed by atoms with E-state index in [9.17, 15) is 20.2 Å². The second kappa shape index (κ2) is 7.66. The molecule has 0 radical (unpaired) electrons. The van der Waals surface area contributed by atoms with Gasteiger partial charge in [-0.05, 0) is 12.8 Å². The van der Waals surface area contributed by atoms with Crippen molar-refractivity contribution in [3.05, 3.63) is 20.2 Å². The highest BCUT2D eigenvalue weighted by atomic mass is 17.0. The highest BCUT2D eigenvalue weighted by molar-refractivity contribution is 4.67. The molecule has 0 fully saturated rings. The molecular formula is C8H16N2O6. The third kappa shape index (κ3) is 5.99. The zero-order valence-electron chi connectivity index (χ0n) is 9.33. The van der Waals surface area contributed by atoms with E-state index >= 15 is 0 Å². The van der Waals surface area contributed by atoms with Gasteiger partial charge in [0.25, 0.3) is 10.2 Å². The Kier molecular flexibility index (Phi) is 6.89. The van der Waals surface area contributed by atoms with Gasteiger partial charge < -0.3 is 9.68 Å². The second-order valence-electron chi connectivity index (χ2n) is 3.34. The van der Waals surface area contributed by atoms with E-state index in [0.717, 1.165) is 0 Å². The van der Waals surface area contributed by atoms with Crippen LogP contribution in [0.15, 0.2) is 0 Å². The molecule has 0 bridgehead atoms. The summed E-state index contributed by atoms with van der Waals surface area (Å²) in [5.74, 6) is -0.351. The molecule has 0 aliphatic heterocycles. The molecule has 0 aromatic heterocycles. The first kappa shape index (κ1) is 14.4. The minimum absolute atomic E-state index is 0.179. The maximum Gasteiger partial charge on any atom is 0.294 e. The standard InChI is InChI=1S/C8H16N2O6/c1-3-5-8(16-10(13)14)7(4-2)6-15-9(11)12/h7-8H,3-6H2,1-2H3. The molecule has 0 heterocycles. The monoisotopic (exact) mass is 236 g/mol. The molecule has 16 heavy (non-hydrogen) atoms. The lowest BCUT2D eigenvalue weighted by Crippen LogP contribution is -2.30. The molecule has 0 aromatic rings. The van der Waals surface area contributed by atoms with Crippen LogP contribution in [-0.2, 0) is 9.68 Å². The molecule has 8 heteroatoms. The van der Waals surface area contributed by atoms with Gasteiger partial charge in [0, 0.05) is 5.92 Å². The predicted octanol–water partition coefficient (Wildman–Crippen LogP) is 1.60. The topological polar surface area (TPSA) is 105 Å². The van der Waals surface area contributed by atoms with E-state index in [1.807, 2.05) is 6.92 Å². The number of rotatable bonds is 9. The van der Waals surface area contributed by atoms with Crippen molar-refractivity contribution in [3.8, 4) is 0 Å². The lowest BCUT2D eigenvalue weighted by atomic mass is 9.97. The Morgan fingerprint density at radius 2 is 1.81 bits per heavy atom. The van der Waals surface area contributed by atoms with Gasteiger partial charge in [0.1, 0.15) is 12.7 Å². The van der Waals surface area contributed by atoms with Crippen LogP contribution in [0.5, 0.6) is 0 Å². The van der Waals surface area contributed by atoms with E-state index in [-0.39, 0.29) is 12.5 Å². The summed E-state index contributed by atoms with van der Waals surface area (Å²) in [6.45, 7) is 3.46. The zero-order valence-corrected chi connectivity index (χ0v) is 9.33. The minimum atomic E-state index is -0.905. The van der Waals surface area contributed by atoms with E-state index in [1.54, 1.807) is 6.92 Å². The fraction of sp³-hybridized carbons (Fsp3) is 1.00. The van der Waals surface area contributed by atoms with Crippen LogP contribution in [-0.4, -0.2) is 22.9 Å². The molecular weight excluding hydrogens is 220 g/mol. The van der Waals surface area contributed by atoms with Crippen molar-refractivity contribution in [3.63, 3.8) is 0 Å². The summed E-state index contributed by atoms with van der Waals surface area (Å²) < 4.78 is 0. The average molecular weight is 236 g/mol. The lowest BCUT2D eigenvalue weighted by molar-refractivity contribution is -0.777. The van der Waals surface area contributed by atoms with Crippen LogP contribution >= 0.6 is 0 Å². The molecule has 8 nitrogen and oxygen atoms in total. The van der Waals surface area contributed by atoms with Crippen LogP contribution in [0.1, 0.15) is 33.1 Å². The third-order valence-electron chi connectivity index (χ3n) is 2.24. The Morgan fingerprint density at radius 1 is 1.19 bits per heavy atom. The normalized spacial score (nSPS) is 13.9. The van der Waals surface area contributed by atoms with Gasteiger partial charge in [-0.15, -0.1) is 20.2 Å². The van der Waals surface area contributed by atoms with Crippen LogP contribution in [0, 0.1) is 26.1 Å². The average Bonchev–Trinajstić information content (AvgIpc) is 2.17. The summed E-state index contributed by atoms with van der Waals surface area (Å²) in [5, 5.41) is 18.5. The SMILES string of the molecule is CCCC(O[N+](=O)[O-])C(CC)CO[N+](=O)[O-]. The molecule has 94 valence electrons. The van der Waals surface area contributed by atoms with Crippen LogP contribution in [0.25, 0.3) is 0 Å². The first-order valence-electron chi connectivity index (χ1n) is 5.09. The predicted molar refractivity (Wildman–Crippen MR) is 53.5 cm³/mol. The lowest BCUT2D eigenvalue weighted by Gasteiger charge is -2.22. The van der Waals surface area contributed by atoms with E-state index < -0.39 is 16.3 Å². The maximum absolute atomic E-state index is 10.3. The van der Waals surface area contributed by atoms with Crippen LogP contribution in [0.2, 0.25) is 0 Å². The molecule has 0 N–H and O–H groups in total. The van der Waals surface area contributed by atoms with Crippen molar-refractivity contribution in [2.45, 2.75) is 39.2 Å². The van der Waals surface area contributed by atoms with Gasteiger partial charge in [-0.1, -0.05) is 20.3 Å². The molecule has 2 atom stereocenters. The molecule has 0 rings (SSSR count). The van der Waals surface area contributed by atoms with E-state index in [2.05, 4.69) is 9.68 Å². The fourth-order valence-electron chi connectivity index (χ4n) is 1.41. The van der Waals surface area contributed by atoms with Gasteiger partial charge in [0.15, 0.2) is 0 Å². The summed E-state index contributed by atoms with van der Waals surface area (Å²) in [6, 6.07) is 0. The molecule has 0 saturated carbocycles. The molecule has 2 unspecified atom stereocenters. The van der Waals surface area contributed by atoms with Crippen LogP contribution < -0.4 is 0 Å². The van der Waals surface area contributed by atoms with Gasteiger partial charge in [0.2, 0.25) is 0 Å². The Hall–Kier alpha value is -1.60. The van der Waals surface area contributed by atoms with E-state index in [4.69, 9.17) is 0 Å². The molecule has 0 spiro atoms. The van der Waals surface area contributed by atoms with Crippen molar-refractivity contribution in [2.24, 2.45) is 5.92 Å². The van der Waals surface area contributed by atoms with Gasteiger partial charge in [-0.2, -0.15) is 0 Å². The van der Waals surface area contributed by atoms with E-state index in [1.165, 1.54) is 0 Å². The van der Waals surface area contributed by atoms with E-state index in [0.29, 0.717) is 19.3 Å². The van der Waals surface area contributed by atoms with Gasteiger partial charge in [-0.25, -0.2) is 0 Å². The summed E-state index contributed by atoms with van der Waals surface area (Å²) in [7, 11) is 0. The summed E-state index contributed by atoms with van der Waals surface area (Å²) in [6.07, 6.45) is 1.05. The van der Waals surface area contributed by atoms with Crippen molar-refractivity contribution in [1.29, 1.82) is 0 Å². The first-order valence-corrected chi connectivity index (χ1v) is 5.09. The van der Waals surface area contributed by atoms with Crippen molar-refractivity contribution in [2.75, 3.05) is 6.61 Å². The number of nitrogens with zero attached hydrogens (tertiary/aromatic N) is 2. The smallest absolute Gasteiger partial charge is 0.294 e. The Morgan fingerprint density at radius 3 is 2.19 bits per heavy atom. The van der Waals surface area contributed by atoms with Crippen LogP contribution in [0.3, 0.4) is 0 Å². The molecule has 0 aliphatic carbocycles. The number of hydrogen-bond acceptors (Lipinski definition) is 6. The highest BCUT2D eigenvalue weighted by Gasteiger charge is 2.24. The maximum atomic E-state index is 10.3. The molecule has 0 saturated heterocycles. The van der Waals surface area contributed by atoms with Crippen molar-refractivity contribution < 1.29 is 19.8 Å². The van der Waals surface area contributed by atoms with Gasteiger partial charge in [0.05, 0.1) is 0 Å². The van der Waals surface area contributed by atoms with Crippen molar-refractivity contribution >= 4 is 0 Å². The minimum Gasteiger partial charge on any atom is -0.314 e. The molecule has 0 aliphatic rings. The first-order chi connectivity index (χ1) is 7.51. The highest BCUT2D eigenvalue weighted by Crippen LogP contribution is 2.18. The molecule has 0 amide bonds. The third-order valence-corrected chi connectivity index (χ3v) is 2.24. The van der Waals surface area contributed by atoms with Crippen molar-refractivity contribution in [1.82, 2.24) is 0 Å². The van der Waals surface area contributed by atoms with Crippen LogP contribution in [0.4, 0.5) is 0 Å². The molecule has 0 aromatic carbocycles. The summed E-state index contributed by atoms with van der Waals surface area (Å²) in [5.41, 5.74) is 0. The largest absolute Gasteiger partial charge is 0.314 e. The summed E-state index contributed by atoms with van der Waals surface area (Å²) in [4.78, 5) is 29.0. The Labute approximate surface area is 92.7 Å². The Balaban J connectivity index is 4.31. The van der Waals surface area contributed by atoms with Gasteiger partial charge in [-0.3, -0.25) is 0 Å². The number of hydrogen-bond donors (Lipinski definition) is 0. The zero-order chi connectivity index (χ0) is 12.6. The summed E-state index contributed by atoms with van der Waals surface area (Å²) >= 11 is 0. The second-order valence-corrected chi connectivity index (χ2v) is 3.34. The Bertz CT molecular complexity index is 235. The quantitative estimate of drug-likeness (QED) is 0.444. The fourth-order valence-corrected chi connectivity index (χ4v) is 1.41.